The fourth-order valence-electron chi connectivity index (χ4n) is 0.804. The number of amides is 2. The molecule has 0 aromatic carbocycles. The summed E-state index contributed by atoms with van der Waals surface area (Å²) in [5.74, 6) is -0.399. The first-order valence-electron chi connectivity index (χ1n) is 3.96. The zero-order valence-electron chi connectivity index (χ0n) is 7.40. The minimum Gasteiger partial charge on any atom is -0.467 e. The highest BCUT2D eigenvalue weighted by Crippen LogP contribution is 1.98. The average Bonchev–Trinajstić information content (AvgIpc) is 2.63. The van der Waals surface area contributed by atoms with Crippen molar-refractivity contribution in [1.29, 1.82) is 0 Å². The summed E-state index contributed by atoms with van der Waals surface area (Å²) in [6.45, 7) is 0.287. The van der Waals surface area contributed by atoms with E-state index in [-0.39, 0.29) is 12.5 Å². The minimum atomic E-state index is -0.654. The number of nitrogens with two attached hydrogens (primary N) is 1. The first-order chi connectivity index (χ1) is 6.68. The molecule has 0 aliphatic heterocycles. The predicted octanol–water partition coefficient (Wildman–Crippen LogP) is -0.0627. The van der Waals surface area contributed by atoms with Gasteiger partial charge in [0.05, 0.1) is 12.8 Å². The van der Waals surface area contributed by atoms with Crippen molar-refractivity contribution in [3.05, 3.63) is 36.3 Å². The monoisotopic (exact) mass is 194 g/mol. The van der Waals surface area contributed by atoms with Crippen molar-refractivity contribution < 1.29 is 14.0 Å². The maximum atomic E-state index is 11.0. The van der Waals surface area contributed by atoms with Crippen molar-refractivity contribution >= 4 is 11.8 Å². The molecular formula is C9H10N2O3. The summed E-state index contributed by atoms with van der Waals surface area (Å²) in [5.41, 5.74) is 4.81. The highest BCUT2D eigenvalue weighted by molar-refractivity contribution is 5.95. The molecule has 2 amide bonds. The van der Waals surface area contributed by atoms with E-state index in [1.807, 2.05) is 0 Å². The van der Waals surface area contributed by atoms with Crippen LogP contribution in [-0.4, -0.2) is 11.8 Å². The summed E-state index contributed by atoms with van der Waals surface area (Å²) in [6, 6.07) is 3.46. The van der Waals surface area contributed by atoms with Gasteiger partial charge in [-0.2, -0.15) is 0 Å². The van der Waals surface area contributed by atoms with Crippen molar-refractivity contribution in [3.8, 4) is 0 Å². The Morgan fingerprint density at radius 2 is 2.29 bits per heavy atom. The Balaban J connectivity index is 2.32. The van der Waals surface area contributed by atoms with Crippen LogP contribution >= 0.6 is 0 Å². The van der Waals surface area contributed by atoms with E-state index in [1.165, 1.54) is 6.26 Å². The van der Waals surface area contributed by atoms with E-state index in [0.29, 0.717) is 5.76 Å². The van der Waals surface area contributed by atoms with Crippen LogP contribution in [-0.2, 0) is 16.1 Å². The Hall–Kier alpha value is -2.04. The van der Waals surface area contributed by atoms with Gasteiger partial charge in [0.15, 0.2) is 0 Å². The second-order valence-electron chi connectivity index (χ2n) is 2.53. The van der Waals surface area contributed by atoms with Gasteiger partial charge in [0, 0.05) is 12.2 Å². The van der Waals surface area contributed by atoms with Crippen LogP contribution in [0.3, 0.4) is 0 Å². The molecular weight excluding hydrogens is 184 g/mol. The number of rotatable bonds is 4. The van der Waals surface area contributed by atoms with Gasteiger partial charge >= 0.3 is 0 Å². The lowest BCUT2D eigenvalue weighted by Gasteiger charge is -1.97. The van der Waals surface area contributed by atoms with Gasteiger partial charge in [-0.25, -0.2) is 0 Å². The number of carbonyl (C=O) groups excluding carboxylic acids is 2. The molecule has 1 heterocycles. The first-order valence-corrected chi connectivity index (χ1v) is 3.96. The zero-order chi connectivity index (χ0) is 10.4. The molecule has 14 heavy (non-hydrogen) atoms. The lowest BCUT2D eigenvalue weighted by molar-refractivity contribution is -0.117. The first kappa shape index (κ1) is 10.0. The summed E-state index contributed by atoms with van der Waals surface area (Å²) in [5, 5.41) is 2.51. The second-order valence-corrected chi connectivity index (χ2v) is 2.53. The minimum absolute atomic E-state index is 0.287. The lowest BCUT2D eigenvalue weighted by Crippen LogP contribution is -2.20. The van der Waals surface area contributed by atoms with Crippen molar-refractivity contribution in [3.63, 3.8) is 0 Å². The van der Waals surface area contributed by atoms with Gasteiger partial charge in [0.2, 0.25) is 11.8 Å². The molecule has 74 valence electrons. The molecule has 3 N–H and O–H groups in total. The molecule has 0 saturated carbocycles. The Labute approximate surface area is 80.6 Å². The largest absolute Gasteiger partial charge is 0.467 e. The topological polar surface area (TPSA) is 85.3 Å². The van der Waals surface area contributed by atoms with Crippen LogP contribution in [0.25, 0.3) is 0 Å². The Kier molecular flexibility index (Phi) is 3.49. The molecule has 1 aromatic rings. The number of carbonyl (C=O) groups is 2. The SMILES string of the molecule is NC(=O)/C=C\C(=O)NCc1ccco1. The molecule has 0 spiro atoms. The van der Waals surface area contributed by atoms with Gasteiger partial charge < -0.3 is 15.5 Å². The molecule has 1 aromatic heterocycles. The van der Waals surface area contributed by atoms with Crippen molar-refractivity contribution in [1.82, 2.24) is 5.32 Å². The quantitative estimate of drug-likeness (QED) is 0.658. The lowest BCUT2D eigenvalue weighted by atomic mass is 10.4. The Morgan fingerprint density at radius 1 is 1.50 bits per heavy atom. The summed E-state index contributed by atoms with van der Waals surface area (Å²) in [4.78, 5) is 21.3. The van der Waals surface area contributed by atoms with Crippen LogP contribution in [0, 0.1) is 0 Å². The van der Waals surface area contributed by atoms with Gasteiger partial charge in [-0.3, -0.25) is 9.59 Å². The average molecular weight is 194 g/mol. The molecule has 0 aliphatic carbocycles. The third-order valence-corrected chi connectivity index (χ3v) is 1.42. The summed E-state index contributed by atoms with van der Waals surface area (Å²) in [6.07, 6.45) is 3.59. The molecule has 0 unspecified atom stereocenters. The summed E-state index contributed by atoms with van der Waals surface area (Å²) in [7, 11) is 0. The number of hydrogen-bond donors (Lipinski definition) is 2. The van der Waals surface area contributed by atoms with E-state index in [1.54, 1.807) is 12.1 Å². The van der Waals surface area contributed by atoms with Crippen LogP contribution in [0.5, 0.6) is 0 Å². The van der Waals surface area contributed by atoms with E-state index in [9.17, 15) is 9.59 Å². The standard InChI is InChI=1S/C9H10N2O3/c10-8(12)3-4-9(13)11-6-7-2-1-5-14-7/h1-5H,6H2,(H2,10,12)(H,11,13)/b4-3-. The van der Waals surface area contributed by atoms with E-state index < -0.39 is 5.91 Å². The normalized spacial score (nSPS) is 10.3. The highest BCUT2D eigenvalue weighted by Gasteiger charge is 1.98. The summed E-state index contributed by atoms with van der Waals surface area (Å²) < 4.78 is 4.98. The van der Waals surface area contributed by atoms with E-state index in [4.69, 9.17) is 10.2 Å². The van der Waals surface area contributed by atoms with Crippen LogP contribution in [0.15, 0.2) is 35.0 Å². The fourth-order valence-corrected chi connectivity index (χ4v) is 0.804. The van der Waals surface area contributed by atoms with E-state index in [0.717, 1.165) is 12.2 Å². The molecule has 0 radical (unpaired) electrons. The van der Waals surface area contributed by atoms with Gasteiger partial charge in [0.25, 0.3) is 0 Å². The van der Waals surface area contributed by atoms with Crippen LogP contribution < -0.4 is 11.1 Å². The maximum absolute atomic E-state index is 11.0. The fraction of sp³-hybridized carbons (Fsp3) is 0.111. The van der Waals surface area contributed by atoms with Gasteiger partial charge in [0.1, 0.15) is 5.76 Å². The predicted molar refractivity (Wildman–Crippen MR) is 48.9 cm³/mol. The molecule has 0 saturated heterocycles. The molecule has 0 fully saturated rings. The number of primary amides is 1. The van der Waals surface area contributed by atoms with Gasteiger partial charge in [-0.15, -0.1) is 0 Å². The third kappa shape index (κ3) is 3.57. The Morgan fingerprint density at radius 3 is 2.86 bits per heavy atom. The molecule has 5 heteroatoms. The second kappa shape index (κ2) is 4.86. The van der Waals surface area contributed by atoms with Crippen molar-refractivity contribution in [2.45, 2.75) is 6.54 Å². The van der Waals surface area contributed by atoms with Crippen molar-refractivity contribution in [2.75, 3.05) is 0 Å². The van der Waals surface area contributed by atoms with E-state index >= 15 is 0 Å². The van der Waals surface area contributed by atoms with Crippen LogP contribution in [0.4, 0.5) is 0 Å². The molecule has 0 bridgehead atoms. The molecule has 1 rings (SSSR count). The number of nitrogens with one attached hydrogen (secondary N) is 1. The molecule has 0 aliphatic rings. The van der Waals surface area contributed by atoms with Gasteiger partial charge in [-0.1, -0.05) is 0 Å². The van der Waals surface area contributed by atoms with Crippen LogP contribution in [0.2, 0.25) is 0 Å². The Bertz CT molecular complexity index is 341. The number of furan rings is 1. The third-order valence-electron chi connectivity index (χ3n) is 1.42. The van der Waals surface area contributed by atoms with Gasteiger partial charge in [-0.05, 0) is 12.1 Å². The van der Waals surface area contributed by atoms with E-state index in [2.05, 4.69) is 5.32 Å². The molecule has 0 atom stereocenters. The summed E-state index contributed by atoms with van der Waals surface area (Å²) >= 11 is 0. The smallest absolute Gasteiger partial charge is 0.244 e. The van der Waals surface area contributed by atoms with Crippen LogP contribution in [0.1, 0.15) is 5.76 Å². The number of hydrogen-bond acceptors (Lipinski definition) is 3. The molecule has 5 nitrogen and oxygen atoms in total. The van der Waals surface area contributed by atoms with Crippen molar-refractivity contribution in [2.24, 2.45) is 5.73 Å². The zero-order valence-corrected chi connectivity index (χ0v) is 7.40. The maximum Gasteiger partial charge on any atom is 0.244 e. The highest BCUT2D eigenvalue weighted by atomic mass is 16.3.